The van der Waals surface area contributed by atoms with Gasteiger partial charge in [0.25, 0.3) is 5.91 Å². The van der Waals surface area contributed by atoms with E-state index in [4.69, 9.17) is 4.74 Å². The number of nitrogens with one attached hydrogen (secondary N) is 1. The Morgan fingerprint density at radius 3 is 2.50 bits per heavy atom. The number of rotatable bonds is 6. The Morgan fingerprint density at radius 2 is 1.95 bits per heavy atom. The highest BCUT2D eigenvalue weighted by atomic mass is 79.9. The van der Waals surface area contributed by atoms with Gasteiger partial charge in [-0.3, -0.25) is 9.59 Å². The third-order valence-electron chi connectivity index (χ3n) is 3.07. The first-order valence-electron chi connectivity index (χ1n) is 6.54. The topological polar surface area (TPSA) is 55.4 Å². The Labute approximate surface area is 128 Å². The molecule has 4 nitrogen and oxygen atoms in total. The van der Waals surface area contributed by atoms with Crippen molar-refractivity contribution in [1.29, 1.82) is 0 Å². The van der Waals surface area contributed by atoms with Crippen LogP contribution in [0.3, 0.4) is 0 Å². The number of carbonyl (C=O) groups excluding carboxylic acids is 2. The van der Waals surface area contributed by atoms with Crippen molar-refractivity contribution in [1.82, 2.24) is 5.32 Å². The van der Waals surface area contributed by atoms with E-state index in [1.165, 1.54) is 6.92 Å². The van der Waals surface area contributed by atoms with E-state index in [9.17, 15) is 9.59 Å². The summed E-state index contributed by atoms with van der Waals surface area (Å²) in [6, 6.07) is 5.23. The second kappa shape index (κ2) is 7.43. The van der Waals surface area contributed by atoms with Crippen LogP contribution in [-0.4, -0.2) is 24.3 Å². The zero-order chi connectivity index (χ0) is 15.3. The zero-order valence-corrected chi connectivity index (χ0v) is 13.8. The van der Waals surface area contributed by atoms with Gasteiger partial charge in [-0.2, -0.15) is 0 Å². The van der Waals surface area contributed by atoms with Crippen LogP contribution in [0.15, 0.2) is 22.7 Å². The lowest BCUT2D eigenvalue weighted by Crippen LogP contribution is -2.39. The molecule has 1 aromatic rings. The Kier molecular flexibility index (Phi) is 6.20. The van der Waals surface area contributed by atoms with Gasteiger partial charge in [0.2, 0.25) is 0 Å². The Morgan fingerprint density at radius 1 is 1.30 bits per heavy atom. The number of hydrogen-bond donors (Lipinski definition) is 1. The molecular weight excluding hydrogens is 322 g/mol. The molecule has 0 fully saturated rings. The van der Waals surface area contributed by atoms with Gasteiger partial charge in [-0.1, -0.05) is 29.8 Å². The first-order valence-corrected chi connectivity index (χ1v) is 7.33. The van der Waals surface area contributed by atoms with Crippen molar-refractivity contribution in [3.63, 3.8) is 0 Å². The van der Waals surface area contributed by atoms with Crippen LogP contribution in [0.5, 0.6) is 5.75 Å². The van der Waals surface area contributed by atoms with Gasteiger partial charge in [-0.25, -0.2) is 0 Å². The maximum absolute atomic E-state index is 11.7. The summed E-state index contributed by atoms with van der Waals surface area (Å²) in [5, 5.41) is 2.85. The lowest BCUT2D eigenvalue weighted by atomic mass is 10.1. The van der Waals surface area contributed by atoms with Gasteiger partial charge < -0.3 is 10.1 Å². The Bertz CT molecular complexity index is 500. The number of benzene rings is 1. The molecule has 0 heterocycles. The summed E-state index contributed by atoms with van der Waals surface area (Å²) in [6.45, 7) is 7.39. The molecule has 0 aromatic heterocycles. The molecule has 0 aliphatic heterocycles. The van der Waals surface area contributed by atoms with Crippen LogP contribution in [-0.2, 0) is 4.79 Å². The molecule has 0 saturated heterocycles. The number of Topliss-reactive ketones (excluding diaryl/α,β-unsaturated/α-hetero) is 1. The van der Waals surface area contributed by atoms with Crippen molar-refractivity contribution in [2.45, 2.75) is 33.7 Å². The lowest BCUT2D eigenvalue weighted by molar-refractivity contribution is -0.124. The van der Waals surface area contributed by atoms with Crippen molar-refractivity contribution in [2.75, 3.05) is 6.61 Å². The van der Waals surface area contributed by atoms with Gasteiger partial charge in [0.1, 0.15) is 5.75 Å². The largest absolute Gasteiger partial charge is 0.483 e. The molecule has 1 rings (SSSR count). The van der Waals surface area contributed by atoms with E-state index >= 15 is 0 Å². The van der Waals surface area contributed by atoms with E-state index in [2.05, 4.69) is 21.2 Å². The summed E-state index contributed by atoms with van der Waals surface area (Å²) in [5.74, 6) is 0.494. The van der Waals surface area contributed by atoms with Crippen LogP contribution in [0.25, 0.3) is 0 Å². The fourth-order valence-corrected chi connectivity index (χ4v) is 1.87. The molecule has 0 spiro atoms. The van der Waals surface area contributed by atoms with Gasteiger partial charge >= 0.3 is 0 Å². The van der Waals surface area contributed by atoms with Crippen LogP contribution in [0.1, 0.15) is 38.1 Å². The average Bonchev–Trinajstić information content (AvgIpc) is 2.36. The summed E-state index contributed by atoms with van der Waals surface area (Å²) in [5.41, 5.74) is 0.462. The maximum atomic E-state index is 11.7. The maximum Gasteiger partial charge on any atom is 0.258 e. The molecule has 0 bridgehead atoms. The highest BCUT2D eigenvalue weighted by Crippen LogP contribution is 2.23. The molecule has 0 radical (unpaired) electrons. The van der Waals surface area contributed by atoms with Crippen LogP contribution in [0, 0.1) is 5.92 Å². The van der Waals surface area contributed by atoms with Crippen molar-refractivity contribution < 1.29 is 14.3 Å². The van der Waals surface area contributed by atoms with E-state index < -0.39 is 0 Å². The van der Waals surface area contributed by atoms with Gasteiger partial charge in [0.05, 0.1) is 5.56 Å². The number of amides is 1. The summed E-state index contributed by atoms with van der Waals surface area (Å²) in [6.07, 6.45) is 0. The van der Waals surface area contributed by atoms with Gasteiger partial charge in [0, 0.05) is 10.5 Å². The molecule has 0 aliphatic rings. The predicted octanol–water partition coefficient (Wildman–Crippen LogP) is 3.19. The smallest absolute Gasteiger partial charge is 0.258 e. The average molecular weight is 342 g/mol. The summed E-state index contributed by atoms with van der Waals surface area (Å²) in [7, 11) is 0. The molecule has 20 heavy (non-hydrogen) atoms. The first-order chi connectivity index (χ1) is 9.31. The molecule has 1 aromatic carbocycles. The number of carbonyl (C=O) groups is 2. The first kappa shape index (κ1) is 16.7. The molecule has 110 valence electrons. The molecule has 5 heteroatoms. The normalized spacial score (nSPS) is 12.1. The molecule has 1 unspecified atom stereocenters. The summed E-state index contributed by atoms with van der Waals surface area (Å²) in [4.78, 5) is 23.3. The van der Waals surface area contributed by atoms with Crippen LogP contribution < -0.4 is 10.1 Å². The third-order valence-corrected chi connectivity index (χ3v) is 3.56. The summed E-state index contributed by atoms with van der Waals surface area (Å²) < 4.78 is 6.24. The van der Waals surface area contributed by atoms with Gasteiger partial charge in [0.15, 0.2) is 12.4 Å². The molecule has 1 atom stereocenters. The molecular formula is C15H20BrNO3. The van der Waals surface area contributed by atoms with Crippen LogP contribution in [0.4, 0.5) is 0 Å². The van der Waals surface area contributed by atoms with Crippen molar-refractivity contribution in [3.8, 4) is 5.75 Å². The monoisotopic (exact) mass is 341 g/mol. The highest BCUT2D eigenvalue weighted by Gasteiger charge is 2.13. The van der Waals surface area contributed by atoms with Crippen molar-refractivity contribution >= 4 is 27.6 Å². The summed E-state index contributed by atoms with van der Waals surface area (Å²) >= 11 is 3.31. The minimum absolute atomic E-state index is 0.0864. The van der Waals surface area contributed by atoms with Crippen LogP contribution in [0.2, 0.25) is 0 Å². The number of ether oxygens (including phenoxy) is 1. The highest BCUT2D eigenvalue weighted by molar-refractivity contribution is 9.10. The second-order valence-electron chi connectivity index (χ2n) is 5.09. The minimum Gasteiger partial charge on any atom is -0.483 e. The number of halogens is 1. The quantitative estimate of drug-likeness (QED) is 0.808. The number of hydrogen-bond acceptors (Lipinski definition) is 3. The SMILES string of the molecule is CC(=O)c1cc(Br)ccc1OCC(=O)NC(C)C(C)C. The van der Waals surface area contributed by atoms with E-state index in [0.29, 0.717) is 17.2 Å². The molecule has 1 N–H and O–H groups in total. The van der Waals surface area contributed by atoms with E-state index in [0.717, 1.165) is 4.47 Å². The second-order valence-corrected chi connectivity index (χ2v) is 6.00. The van der Waals surface area contributed by atoms with Gasteiger partial charge in [-0.15, -0.1) is 0 Å². The standard InChI is InChI=1S/C15H20BrNO3/c1-9(2)10(3)17-15(19)8-20-14-6-5-12(16)7-13(14)11(4)18/h5-7,9-10H,8H2,1-4H3,(H,17,19). The Hall–Kier alpha value is -1.36. The molecule has 0 saturated carbocycles. The van der Waals surface area contributed by atoms with E-state index in [1.54, 1.807) is 18.2 Å². The molecule has 0 aliphatic carbocycles. The van der Waals surface area contributed by atoms with Crippen molar-refractivity contribution in [2.24, 2.45) is 5.92 Å². The predicted molar refractivity (Wildman–Crippen MR) is 82.1 cm³/mol. The van der Waals surface area contributed by atoms with Gasteiger partial charge in [-0.05, 0) is 38.0 Å². The van der Waals surface area contributed by atoms with Crippen molar-refractivity contribution in [3.05, 3.63) is 28.2 Å². The zero-order valence-electron chi connectivity index (χ0n) is 12.2. The number of ketones is 1. The third kappa shape index (κ3) is 4.96. The van der Waals surface area contributed by atoms with E-state index in [1.807, 2.05) is 20.8 Å². The Balaban J connectivity index is 2.66. The minimum atomic E-state index is -0.191. The van der Waals surface area contributed by atoms with Crippen LogP contribution >= 0.6 is 15.9 Å². The van der Waals surface area contributed by atoms with E-state index in [-0.39, 0.29) is 24.3 Å². The molecule has 1 amide bonds. The fraction of sp³-hybridized carbons (Fsp3) is 0.467. The fourth-order valence-electron chi connectivity index (χ4n) is 1.51. The lowest BCUT2D eigenvalue weighted by Gasteiger charge is -2.18.